The van der Waals surface area contributed by atoms with Crippen LogP contribution in [0.15, 0.2) is 18.2 Å². The van der Waals surface area contributed by atoms with Gasteiger partial charge in [0.05, 0.1) is 5.56 Å². The number of anilines is 1. The largest absolute Gasteiger partial charge is 0.478 e. The summed E-state index contributed by atoms with van der Waals surface area (Å²) >= 11 is 1.72. The summed E-state index contributed by atoms with van der Waals surface area (Å²) in [5, 5.41) is 9.99. The molecule has 1 aliphatic carbocycles. The lowest BCUT2D eigenvalue weighted by atomic mass is 9.76. The van der Waals surface area contributed by atoms with Crippen molar-refractivity contribution in [2.75, 3.05) is 18.0 Å². The van der Waals surface area contributed by atoms with Crippen LogP contribution in [0.5, 0.6) is 0 Å². The van der Waals surface area contributed by atoms with Crippen molar-refractivity contribution in [2.45, 2.75) is 46.5 Å². The Kier molecular flexibility index (Phi) is 3.91. The van der Waals surface area contributed by atoms with E-state index >= 15 is 0 Å². The smallest absolute Gasteiger partial charge is 0.337 e. The number of benzene rings is 1. The summed E-state index contributed by atoms with van der Waals surface area (Å²) in [6.45, 7) is 8.70. The third-order valence-electron chi connectivity index (χ3n) is 5.74. The number of likely N-dealkylation sites (N-methyl/N-ethyl adjacent to an activating group) is 1. The fraction of sp³-hybridized carbons (Fsp3) is 0.476. The second-order valence-corrected chi connectivity index (χ2v) is 9.09. The first kappa shape index (κ1) is 16.6. The Bertz CT molecular complexity index is 850. The van der Waals surface area contributed by atoms with Gasteiger partial charge in [-0.1, -0.05) is 26.0 Å². The van der Waals surface area contributed by atoms with Crippen LogP contribution in [0.4, 0.5) is 5.69 Å². The highest BCUT2D eigenvalue weighted by atomic mass is 32.1. The average Bonchev–Trinajstić information content (AvgIpc) is 3.14. The van der Waals surface area contributed by atoms with Gasteiger partial charge in [-0.3, -0.25) is 0 Å². The predicted octanol–water partition coefficient (Wildman–Crippen LogP) is 5.01. The van der Waals surface area contributed by atoms with Crippen LogP contribution in [0.1, 0.15) is 53.6 Å². The van der Waals surface area contributed by atoms with Gasteiger partial charge in [0, 0.05) is 28.5 Å². The van der Waals surface area contributed by atoms with Gasteiger partial charge in [-0.15, -0.1) is 11.3 Å². The fourth-order valence-electron chi connectivity index (χ4n) is 4.38. The molecular weight excluding hydrogens is 330 g/mol. The van der Waals surface area contributed by atoms with Crippen molar-refractivity contribution >= 4 is 23.0 Å². The number of carboxylic acid groups (broad SMARTS) is 1. The van der Waals surface area contributed by atoms with E-state index in [1.165, 1.54) is 16.1 Å². The molecule has 1 aromatic heterocycles. The molecule has 0 saturated carbocycles. The van der Waals surface area contributed by atoms with E-state index in [9.17, 15) is 9.90 Å². The molecule has 1 N–H and O–H groups in total. The molecule has 0 saturated heterocycles. The molecule has 4 rings (SSSR count). The highest BCUT2D eigenvalue weighted by molar-refractivity contribution is 7.16. The fourth-order valence-corrected chi connectivity index (χ4v) is 5.74. The lowest BCUT2D eigenvalue weighted by Crippen LogP contribution is -2.22. The van der Waals surface area contributed by atoms with E-state index in [-0.39, 0.29) is 5.41 Å². The summed E-state index contributed by atoms with van der Waals surface area (Å²) in [5.41, 5.74) is 5.59. The number of thiophene rings is 1. The first-order chi connectivity index (χ1) is 11.9. The Morgan fingerprint density at radius 2 is 2.08 bits per heavy atom. The molecule has 0 unspecified atom stereocenters. The second-order valence-electron chi connectivity index (χ2n) is 7.99. The maximum atomic E-state index is 12.2. The summed E-state index contributed by atoms with van der Waals surface area (Å²) in [6, 6.07) is 6.37. The summed E-state index contributed by atoms with van der Waals surface area (Å²) in [7, 11) is 0. The van der Waals surface area contributed by atoms with Crippen LogP contribution >= 0.6 is 11.3 Å². The maximum absolute atomic E-state index is 12.2. The van der Waals surface area contributed by atoms with Gasteiger partial charge in [0.2, 0.25) is 0 Å². The van der Waals surface area contributed by atoms with Gasteiger partial charge in [-0.05, 0) is 60.8 Å². The molecule has 0 amide bonds. The molecule has 4 heteroatoms. The van der Waals surface area contributed by atoms with Gasteiger partial charge in [-0.2, -0.15) is 0 Å². The van der Waals surface area contributed by atoms with Crippen LogP contribution in [-0.4, -0.2) is 24.2 Å². The highest BCUT2D eigenvalue weighted by Gasteiger charge is 2.34. The van der Waals surface area contributed by atoms with Crippen molar-refractivity contribution in [3.8, 4) is 10.4 Å². The summed E-state index contributed by atoms with van der Waals surface area (Å²) in [6.07, 6.45) is 4.02. The normalized spacial score (nSPS) is 18.1. The molecule has 0 bridgehead atoms. The monoisotopic (exact) mass is 355 g/mol. The Hall–Kier alpha value is -1.81. The third-order valence-corrected chi connectivity index (χ3v) is 7.06. The summed E-state index contributed by atoms with van der Waals surface area (Å²) in [5.74, 6) is -0.770. The molecule has 0 radical (unpaired) electrons. The van der Waals surface area contributed by atoms with Gasteiger partial charge in [0.15, 0.2) is 0 Å². The Balaban J connectivity index is 1.90. The van der Waals surface area contributed by atoms with E-state index in [2.05, 4.69) is 43.9 Å². The van der Waals surface area contributed by atoms with Crippen molar-refractivity contribution in [1.29, 1.82) is 0 Å². The van der Waals surface area contributed by atoms with E-state index in [0.717, 1.165) is 54.8 Å². The van der Waals surface area contributed by atoms with Crippen LogP contribution in [0.25, 0.3) is 10.4 Å². The van der Waals surface area contributed by atoms with E-state index < -0.39 is 5.97 Å². The van der Waals surface area contributed by atoms with Crippen LogP contribution in [-0.2, 0) is 19.3 Å². The summed E-state index contributed by atoms with van der Waals surface area (Å²) in [4.78, 5) is 16.8. The zero-order chi connectivity index (χ0) is 17.8. The molecule has 2 heterocycles. The molecule has 0 fully saturated rings. The van der Waals surface area contributed by atoms with E-state index in [0.29, 0.717) is 5.56 Å². The number of aromatic carboxylic acids is 1. The molecule has 3 nitrogen and oxygen atoms in total. The van der Waals surface area contributed by atoms with Gasteiger partial charge in [-0.25, -0.2) is 4.79 Å². The molecule has 0 spiro atoms. The SMILES string of the molecule is CCN1CCc2c(-c3sc4c(c3C(=O)O)CC(C)(C)CC4)cccc21. The second kappa shape index (κ2) is 5.87. The van der Waals surface area contributed by atoms with Crippen LogP contribution in [0.2, 0.25) is 0 Å². The quantitative estimate of drug-likeness (QED) is 0.841. The van der Waals surface area contributed by atoms with Crippen molar-refractivity contribution in [3.63, 3.8) is 0 Å². The van der Waals surface area contributed by atoms with Crippen molar-refractivity contribution in [1.82, 2.24) is 0 Å². The first-order valence-electron chi connectivity index (χ1n) is 9.16. The minimum Gasteiger partial charge on any atom is -0.478 e. The van der Waals surface area contributed by atoms with Gasteiger partial charge < -0.3 is 10.0 Å². The molecule has 25 heavy (non-hydrogen) atoms. The molecule has 132 valence electrons. The van der Waals surface area contributed by atoms with Crippen LogP contribution < -0.4 is 4.90 Å². The van der Waals surface area contributed by atoms with Crippen molar-refractivity contribution < 1.29 is 9.90 Å². The molecule has 1 aromatic carbocycles. The minimum absolute atomic E-state index is 0.188. The number of carboxylic acids is 1. The first-order valence-corrected chi connectivity index (χ1v) is 9.98. The maximum Gasteiger partial charge on any atom is 0.337 e. The zero-order valence-electron chi connectivity index (χ0n) is 15.2. The van der Waals surface area contributed by atoms with E-state index in [4.69, 9.17) is 0 Å². The minimum atomic E-state index is -0.770. The number of nitrogens with zero attached hydrogens (tertiary/aromatic N) is 1. The van der Waals surface area contributed by atoms with Crippen molar-refractivity contribution in [3.05, 3.63) is 39.8 Å². The molecule has 0 atom stereocenters. The number of rotatable bonds is 3. The lowest BCUT2D eigenvalue weighted by molar-refractivity contribution is 0.0696. The Morgan fingerprint density at radius 1 is 1.28 bits per heavy atom. The highest BCUT2D eigenvalue weighted by Crippen LogP contribution is 2.47. The molecular formula is C21H25NO2S. The average molecular weight is 356 g/mol. The molecule has 2 aromatic rings. The van der Waals surface area contributed by atoms with Crippen molar-refractivity contribution in [2.24, 2.45) is 5.41 Å². The third kappa shape index (κ3) is 2.67. The van der Waals surface area contributed by atoms with Crippen LogP contribution in [0, 0.1) is 5.41 Å². The number of carbonyl (C=O) groups is 1. The standard InChI is InChI=1S/C21H25NO2S/c1-4-22-11-9-13-14(6-5-7-16(13)22)19-18(20(23)24)15-12-21(2,3)10-8-17(15)25-19/h5-7H,4,8-12H2,1-3H3,(H,23,24). The number of aryl methyl sites for hydroxylation is 1. The topological polar surface area (TPSA) is 40.5 Å². The molecule has 2 aliphatic rings. The predicted molar refractivity (Wildman–Crippen MR) is 104 cm³/mol. The summed E-state index contributed by atoms with van der Waals surface area (Å²) < 4.78 is 0. The van der Waals surface area contributed by atoms with Gasteiger partial charge >= 0.3 is 5.97 Å². The van der Waals surface area contributed by atoms with Gasteiger partial charge in [0.25, 0.3) is 0 Å². The van der Waals surface area contributed by atoms with E-state index in [1.807, 2.05) is 0 Å². The molecule has 1 aliphatic heterocycles. The number of fused-ring (bicyclic) bond motifs is 2. The number of hydrogen-bond acceptors (Lipinski definition) is 3. The Morgan fingerprint density at radius 3 is 2.80 bits per heavy atom. The van der Waals surface area contributed by atoms with Crippen LogP contribution in [0.3, 0.4) is 0 Å². The lowest BCUT2D eigenvalue weighted by Gasteiger charge is -2.29. The van der Waals surface area contributed by atoms with Gasteiger partial charge in [0.1, 0.15) is 0 Å². The zero-order valence-corrected chi connectivity index (χ0v) is 16.0. The van der Waals surface area contributed by atoms with E-state index in [1.54, 1.807) is 11.3 Å². The Labute approximate surface area is 153 Å². The number of hydrogen-bond donors (Lipinski definition) is 1.